The van der Waals surface area contributed by atoms with Crippen LogP contribution in [-0.4, -0.2) is 43.6 Å². The number of carbonyl (C=O) groups is 1. The number of hydrogen-bond acceptors (Lipinski definition) is 7. The molecule has 0 saturated carbocycles. The van der Waals surface area contributed by atoms with E-state index < -0.39 is 0 Å². The summed E-state index contributed by atoms with van der Waals surface area (Å²) in [7, 11) is 4.74. The minimum absolute atomic E-state index is 0.0774. The van der Waals surface area contributed by atoms with Crippen LogP contribution < -0.4 is 29.0 Å². The van der Waals surface area contributed by atoms with Gasteiger partial charge in [-0.15, -0.1) is 0 Å². The van der Waals surface area contributed by atoms with Gasteiger partial charge in [0.25, 0.3) is 0 Å². The van der Waals surface area contributed by atoms with Crippen molar-refractivity contribution in [2.24, 2.45) is 0 Å². The number of fused-ring (bicyclic) bond motifs is 2. The van der Waals surface area contributed by atoms with Gasteiger partial charge in [-0.1, -0.05) is 0 Å². The van der Waals surface area contributed by atoms with E-state index in [9.17, 15) is 4.79 Å². The van der Waals surface area contributed by atoms with Gasteiger partial charge in [0.05, 0.1) is 27.0 Å². The van der Waals surface area contributed by atoms with Crippen LogP contribution in [0.5, 0.6) is 28.7 Å². The molecule has 0 aliphatic carbocycles. The number of ether oxygens (including phenoxy) is 5. The Bertz CT molecular complexity index is 1160. The number of methoxy groups -OCH3 is 3. The molecule has 2 aromatic carbocycles. The molecule has 2 aliphatic heterocycles. The maximum Gasteiger partial charge on any atom is 0.231 e. The van der Waals surface area contributed by atoms with E-state index in [1.165, 1.54) is 0 Å². The van der Waals surface area contributed by atoms with Crippen molar-refractivity contribution in [2.75, 3.05) is 33.4 Å². The van der Waals surface area contributed by atoms with E-state index in [4.69, 9.17) is 23.7 Å². The number of rotatable bonds is 5. The van der Waals surface area contributed by atoms with Crippen LogP contribution in [0.15, 0.2) is 36.7 Å². The molecule has 0 saturated heterocycles. The number of nitrogens with one attached hydrogen (secondary N) is 1. The highest BCUT2D eigenvalue weighted by atomic mass is 16.7. The molecule has 2 aliphatic rings. The molecule has 3 aromatic rings. The lowest BCUT2D eigenvalue weighted by molar-refractivity contribution is -0.116. The van der Waals surface area contributed by atoms with Crippen molar-refractivity contribution in [3.8, 4) is 34.4 Å². The quantitative estimate of drug-likeness (QED) is 0.674. The van der Waals surface area contributed by atoms with E-state index in [0.29, 0.717) is 28.8 Å². The summed E-state index contributed by atoms with van der Waals surface area (Å²) in [6.07, 6.45) is 1.91. The number of imidazole rings is 1. The summed E-state index contributed by atoms with van der Waals surface area (Å²) in [6.45, 7) is 0.0774. The van der Waals surface area contributed by atoms with Gasteiger partial charge in [-0.05, 0) is 30.3 Å². The normalized spacial score (nSPS) is 16.5. The Labute approximate surface area is 178 Å². The van der Waals surface area contributed by atoms with Crippen LogP contribution in [0.4, 0.5) is 5.82 Å². The largest absolute Gasteiger partial charge is 0.497 e. The monoisotopic (exact) mass is 423 g/mol. The molecule has 0 bridgehead atoms. The smallest absolute Gasteiger partial charge is 0.231 e. The minimum atomic E-state index is -0.346. The number of aromatic nitrogens is 2. The van der Waals surface area contributed by atoms with Gasteiger partial charge in [0, 0.05) is 23.6 Å². The topological polar surface area (TPSA) is 93.1 Å². The van der Waals surface area contributed by atoms with Crippen LogP contribution in [0.1, 0.15) is 23.6 Å². The Kier molecular flexibility index (Phi) is 4.58. The molecule has 1 amide bonds. The molecule has 0 spiro atoms. The van der Waals surface area contributed by atoms with Crippen molar-refractivity contribution in [3.63, 3.8) is 0 Å². The predicted octanol–water partition coefficient (Wildman–Crippen LogP) is 3.10. The standard InChI is InChI=1S/C22H21N3O6/c1-27-13-6-4-12(5-7-13)25-10-23-18-14(9-17(26)24-22(18)25)15-8-16(28-2)20-21(19(15)29-3)31-11-30-20/h4-8,10,14H,9,11H2,1-3H3,(H,24,26)/t14-/m1/s1. The Morgan fingerprint density at radius 1 is 1.06 bits per heavy atom. The lowest BCUT2D eigenvalue weighted by Crippen LogP contribution is -2.25. The van der Waals surface area contributed by atoms with E-state index >= 15 is 0 Å². The van der Waals surface area contributed by atoms with E-state index in [1.807, 2.05) is 34.9 Å². The Hall–Kier alpha value is -3.88. The first-order valence-electron chi connectivity index (χ1n) is 9.70. The molecule has 0 radical (unpaired) electrons. The zero-order chi connectivity index (χ0) is 21.5. The van der Waals surface area contributed by atoms with Gasteiger partial charge < -0.3 is 29.0 Å². The average Bonchev–Trinajstić information content (AvgIpc) is 3.45. The van der Waals surface area contributed by atoms with Gasteiger partial charge in [-0.3, -0.25) is 9.36 Å². The maximum absolute atomic E-state index is 12.7. The van der Waals surface area contributed by atoms with E-state index in [0.717, 1.165) is 22.7 Å². The van der Waals surface area contributed by atoms with Gasteiger partial charge in [-0.2, -0.15) is 0 Å². The molecule has 1 aromatic heterocycles. The van der Waals surface area contributed by atoms with Crippen molar-refractivity contribution >= 4 is 11.7 Å². The average molecular weight is 423 g/mol. The molecule has 31 heavy (non-hydrogen) atoms. The first-order chi connectivity index (χ1) is 15.1. The van der Waals surface area contributed by atoms with Crippen LogP contribution in [0, 0.1) is 0 Å². The van der Waals surface area contributed by atoms with Gasteiger partial charge in [-0.25, -0.2) is 4.98 Å². The van der Waals surface area contributed by atoms with E-state index in [1.54, 1.807) is 27.7 Å². The number of carbonyl (C=O) groups excluding carboxylic acids is 1. The zero-order valence-corrected chi connectivity index (χ0v) is 17.3. The van der Waals surface area contributed by atoms with Crippen molar-refractivity contribution in [1.29, 1.82) is 0 Å². The fourth-order valence-electron chi connectivity index (χ4n) is 4.06. The summed E-state index contributed by atoms with van der Waals surface area (Å²) >= 11 is 0. The van der Waals surface area contributed by atoms with E-state index in [-0.39, 0.29) is 25.0 Å². The number of hydrogen-bond donors (Lipinski definition) is 1. The molecule has 9 nitrogen and oxygen atoms in total. The molecule has 1 N–H and O–H groups in total. The molecule has 160 valence electrons. The fourth-order valence-corrected chi connectivity index (χ4v) is 4.06. The summed E-state index contributed by atoms with van der Waals surface area (Å²) in [6, 6.07) is 9.35. The van der Waals surface area contributed by atoms with Crippen LogP contribution in [0.25, 0.3) is 5.69 Å². The minimum Gasteiger partial charge on any atom is -0.497 e. The maximum atomic E-state index is 12.7. The molecular weight excluding hydrogens is 402 g/mol. The zero-order valence-electron chi connectivity index (χ0n) is 17.3. The van der Waals surface area contributed by atoms with Gasteiger partial charge in [0.15, 0.2) is 11.5 Å². The van der Waals surface area contributed by atoms with Gasteiger partial charge >= 0.3 is 0 Å². The van der Waals surface area contributed by atoms with Crippen molar-refractivity contribution in [1.82, 2.24) is 9.55 Å². The Morgan fingerprint density at radius 2 is 1.84 bits per heavy atom. The highest BCUT2D eigenvalue weighted by molar-refractivity contribution is 5.94. The van der Waals surface area contributed by atoms with Crippen molar-refractivity contribution in [3.05, 3.63) is 47.9 Å². The molecule has 3 heterocycles. The first-order valence-corrected chi connectivity index (χ1v) is 9.70. The fraction of sp³-hybridized carbons (Fsp3) is 0.273. The Morgan fingerprint density at radius 3 is 2.55 bits per heavy atom. The summed E-state index contributed by atoms with van der Waals surface area (Å²) in [4.78, 5) is 17.3. The molecule has 0 fully saturated rings. The molecule has 1 atom stereocenters. The second kappa shape index (κ2) is 7.42. The lowest BCUT2D eigenvalue weighted by atomic mass is 9.88. The highest BCUT2D eigenvalue weighted by Crippen LogP contribution is 2.53. The van der Waals surface area contributed by atoms with Crippen LogP contribution in [0.2, 0.25) is 0 Å². The predicted molar refractivity (Wildman–Crippen MR) is 111 cm³/mol. The summed E-state index contributed by atoms with van der Waals surface area (Å²) in [5, 5.41) is 2.96. The lowest BCUT2D eigenvalue weighted by Gasteiger charge is -2.25. The number of anilines is 1. The van der Waals surface area contributed by atoms with Gasteiger partial charge in [0.2, 0.25) is 24.2 Å². The number of benzene rings is 2. The van der Waals surface area contributed by atoms with Gasteiger partial charge in [0.1, 0.15) is 17.9 Å². The highest BCUT2D eigenvalue weighted by Gasteiger charge is 2.36. The summed E-state index contributed by atoms with van der Waals surface area (Å²) in [5.41, 5.74) is 2.33. The summed E-state index contributed by atoms with van der Waals surface area (Å²) < 4.78 is 29.4. The third-order valence-corrected chi connectivity index (χ3v) is 5.51. The van der Waals surface area contributed by atoms with Crippen molar-refractivity contribution < 1.29 is 28.5 Å². The van der Waals surface area contributed by atoms with Crippen LogP contribution >= 0.6 is 0 Å². The van der Waals surface area contributed by atoms with Crippen molar-refractivity contribution in [2.45, 2.75) is 12.3 Å². The Balaban J connectivity index is 1.64. The third-order valence-electron chi connectivity index (χ3n) is 5.51. The summed E-state index contributed by atoms with van der Waals surface area (Å²) in [5.74, 6) is 2.89. The molecule has 0 unspecified atom stereocenters. The van der Waals surface area contributed by atoms with Crippen LogP contribution in [-0.2, 0) is 4.79 Å². The second-order valence-electron chi connectivity index (χ2n) is 7.12. The SMILES string of the molecule is COc1ccc(-n2cnc3c2NC(=O)C[C@@H]3c2cc(OC)c3c(c2OC)OCO3)cc1. The molecular formula is C22H21N3O6. The number of amides is 1. The molecule has 9 heteroatoms. The van der Waals surface area contributed by atoms with E-state index in [2.05, 4.69) is 10.3 Å². The third kappa shape index (κ3) is 3.00. The first kappa shape index (κ1) is 19.1. The molecule has 5 rings (SSSR count). The van der Waals surface area contributed by atoms with Crippen LogP contribution in [0.3, 0.4) is 0 Å². The second-order valence-corrected chi connectivity index (χ2v) is 7.12. The number of nitrogens with zero attached hydrogens (tertiary/aromatic N) is 2.